The van der Waals surface area contributed by atoms with Crippen LogP contribution in [-0.2, 0) is 10.0 Å². The first-order valence-corrected chi connectivity index (χ1v) is 9.20. The fourth-order valence-corrected chi connectivity index (χ4v) is 3.57. The highest BCUT2D eigenvalue weighted by Gasteiger charge is 2.14. The van der Waals surface area contributed by atoms with E-state index >= 15 is 0 Å². The number of nitrogens with one attached hydrogen (secondary N) is 1. The lowest BCUT2D eigenvalue weighted by atomic mass is 10.2. The van der Waals surface area contributed by atoms with E-state index in [0.29, 0.717) is 11.4 Å². The van der Waals surface area contributed by atoms with Gasteiger partial charge in [-0.2, -0.15) is 0 Å². The van der Waals surface area contributed by atoms with Crippen LogP contribution in [0.2, 0.25) is 0 Å². The van der Waals surface area contributed by atoms with Gasteiger partial charge in [0.05, 0.1) is 4.90 Å². The van der Waals surface area contributed by atoms with Gasteiger partial charge < -0.3 is 0 Å². The first-order valence-electron chi connectivity index (χ1n) is 6.19. The van der Waals surface area contributed by atoms with Crippen LogP contribution in [0.15, 0.2) is 29.2 Å². The molecule has 3 nitrogen and oxygen atoms in total. The second-order valence-corrected chi connectivity index (χ2v) is 7.08. The van der Waals surface area contributed by atoms with Crippen LogP contribution in [0.25, 0.3) is 0 Å². The van der Waals surface area contributed by atoms with Crippen molar-refractivity contribution in [2.75, 3.05) is 11.0 Å². The number of halogens is 1. The highest BCUT2D eigenvalue weighted by atomic mass is 127. The topological polar surface area (TPSA) is 46.2 Å². The van der Waals surface area contributed by atoms with E-state index in [0.717, 1.165) is 18.4 Å². The van der Waals surface area contributed by atoms with Gasteiger partial charge in [0.15, 0.2) is 0 Å². The minimum Gasteiger partial charge on any atom is -0.211 e. The molecule has 5 heteroatoms. The minimum atomic E-state index is -3.34. The maximum absolute atomic E-state index is 12.0. The molecule has 1 N–H and O–H groups in total. The Morgan fingerprint density at radius 2 is 1.78 bits per heavy atom. The number of rotatable bonds is 8. The fourth-order valence-electron chi connectivity index (χ4n) is 1.72. The number of sulfonamides is 1. The van der Waals surface area contributed by atoms with E-state index in [-0.39, 0.29) is 0 Å². The molecule has 0 bridgehead atoms. The molecule has 0 atom stereocenters. The van der Waals surface area contributed by atoms with Crippen molar-refractivity contribution in [3.63, 3.8) is 0 Å². The third kappa shape index (κ3) is 5.24. The molecule has 1 aromatic carbocycles. The predicted molar refractivity (Wildman–Crippen MR) is 83.7 cm³/mol. The Morgan fingerprint density at radius 1 is 1.11 bits per heavy atom. The summed E-state index contributed by atoms with van der Waals surface area (Å²) >= 11 is 2.36. The summed E-state index contributed by atoms with van der Waals surface area (Å²) in [6, 6.07) is 7.06. The van der Waals surface area contributed by atoms with Crippen molar-refractivity contribution < 1.29 is 8.42 Å². The van der Waals surface area contributed by atoms with Crippen molar-refractivity contribution in [2.24, 2.45) is 0 Å². The summed E-state index contributed by atoms with van der Waals surface area (Å²) in [5.41, 5.74) is 0.787. The number of hydrogen-bond donors (Lipinski definition) is 1. The lowest BCUT2D eigenvalue weighted by Crippen LogP contribution is -2.25. The van der Waals surface area contributed by atoms with Crippen LogP contribution in [0.3, 0.4) is 0 Å². The Morgan fingerprint density at radius 3 is 2.44 bits per heavy atom. The van der Waals surface area contributed by atoms with Crippen molar-refractivity contribution in [3.8, 4) is 0 Å². The van der Waals surface area contributed by atoms with Crippen LogP contribution < -0.4 is 4.72 Å². The third-order valence-corrected chi connectivity index (χ3v) is 5.12. The standard InChI is InChI=1S/C13H20INO2S/c1-12-8-4-5-9-13(12)18(16,17)15-11-7-3-2-6-10-14/h4-5,8-9,15H,2-3,6-7,10-11H2,1H3. The van der Waals surface area contributed by atoms with Crippen LogP contribution in [0, 0.1) is 6.92 Å². The summed E-state index contributed by atoms with van der Waals surface area (Å²) in [6.45, 7) is 2.34. The van der Waals surface area contributed by atoms with E-state index in [9.17, 15) is 8.42 Å². The van der Waals surface area contributed by atoms with Gasteiger partial charge in [0.1, 0.15) is 0 Å². The van der Waals surface area contributed by atoms with Gasteiger partial charge in [-0.3, -0.25) is 0 Å². The molecule has 0 amide bonds. The molecule has 0 fully saturated rings. The van der Waals surface area contributed by atoms with E-state index in [2.05, 4.69) is 27.3 Å². The first-order chi connectivity index (χ1) is 8.58. The number of unbranched alkanes of at least 4 members (excludes halogenated alkanes) is 3. The summed E-state index contributed by atoms with van der Waals surface area (Å²) in [5, 5.41) is 0. The van der Waals surface area contributed by atoms with Crippen molar-refractivity contribution in [2.45, 2.75) is 37.5 Å². The maximum atomic E-state index is 12.0. The van der Waals surface area contributed by atoms with Gasteiger partial charge in [0.2, 0.25) is 10.0 Å². The second kappa shape index (κ2) is 8.12. The number of benzene rings is 1. The molecule has 0 saturated heterocycles. The van der Waals surface area contributed by atoms with Gasteiger partial charge >= 0.3 is 0 Å². The molecular weight excluding hydrogens is 361 g/mol. The molecule has 18 heavy (non-hydrogen) atoms. The summed E-state index contributed by atoms with van der Waals surface area (Å²) in [6.07, 6.45) is 4.38. The van der Waals surface area contributed by atoms with Gasteiger partial charge in [0, 0.05) is 6.54 Å². The molecule has 0 radical (unpaired) electrons. The van der Waals surface area contributed by atoms with Crippen molar-refractivity contribution in [1.82, 2.24) is 4.72 Å². The van der Waals surface area contributed by atoms with Crippen molar-refractivity contribution in [1.29, 1.82) is 0 Å². The Bertz CT molecular complexity index is 460. The largest absolute Gasteiger partial charge is 0.240 e. The molecule has 0 saturated carbocycles. The average Bonchev–Trinajstić information content (AvgIpc) is 2.34. The van der Waals surface area contributed by atoms with E-state index in [1.165, 1.54) is 17.3 Å². The van der Waals surface area contributed by atoms with Crippen LogP contribution in [0.4, 0.5) is 0 Å². The summed E-state index contributed by atoms with van der Waals surface area (Å²) < 4.78 is 27.9. The smallest absolute Gasteiger partial charge is 0.211 e. The quantitative estimate of drug-likeness (QED) is 0.427. The normalized spacial score (nSPS) is 11.7. The zero-order valence-electron chi connectivity index (χ0n) is 10.7. The van der Waals surface area contributed by atoms with Crippen LogP contribution in [0.5, 0.6) is 0 Å². The van der Waals surface area contributed by atoms with Gasteiger partial charge in [-0.25, -0.2) is 13.1 Å². The average molecular weight is 381 g/mol. The second-order valence-electron chi connectivity index (χ2n) is 4.27. The molecule has 1 aromatic rings. The highest BCUT2D eigenvalue weighted by molar-refractivity contribution is 14.1. The zero-order valence-corrected chi connectivity index (χ0v) is 13.6. The van der Waals surface area contributed by atoms with Crippen LogP contribution in [-0.4, -0.2) is 19.4 Å². The van der Waals surface area contributed by atoms with E-state index < -0.39 is 10.0 Å². The lowest BCUT2D eigenvalue weighted by molar-refractivity contribution is 0.573. The molecule has 0 heterocycles. The van der Waals surface area contributed by atoms with E-state index in [4.69, 9.17) is 0 Å². The summed E-state index contributed by atoms with van der Waals surface area (Å²) in [7, 11) is -3.34. The number of hydrogen-bond acceptors (Lipinski definition) is 2. The monoisotopic (exact) mass is 381 g/mol. The summed E-state index contributed by atoms with van der Waals surface area (Å²) in [5.74, 6) is 0. The molecule has 102 valence electrons. The van der Waals surface area contributed by atoms with Gasteiger partial charge in [-0.1, -0.05) is 53.6 Å². The molecule has 0 unspecified atom stereocenters. The van der Waals surface area contributed by atoms with Gasteiger partial charge in [-0.05, 0) is 35.8 Å². The third-order valence-electron chi connectivity index (χ3n) is 2.74. The molecule has 1 rings (SSSR count). The molecule has 0 aliphatic heterocycles. The van der Waals surface area contributed by atoms with Gasteiger partial charge in [-0.15, -0.1) is 0 Å². The maximum Gasteiger partial charge on any atom is 0.240 e. The SMILES string of the molecule is Cc1ccccc1S(=O)(=O)NCCCCCCI. The fraction of sp³-hybridized carbons (Fsp3) is 0.538. The number of aryl methyl sites for hydroxylation is 1. The van der Waals surface area contributed by atoms with E-state index in [1.807, 2.05) is 19.1 Å². The number of alkyl halides is 1. The molecular formula is C13H20INO2S. The molecule has 0 aromatic heterocycles. The van der Waals surface area contributed by atoms with Crippen molar-refractivity contribution in [3.05, 3.63) is 29.8 Å². The Balaban J connectivity index is 2.44. The lowest BCUT2D eigenvalue weighted by Gasteiger charge is -2.08. The highest BCUT2D eigenvalue weighted by Crippen LogP contribution is 2.13. The first kappa shape index (κ1) is 15.9. The van der Waals surface area contributed by atoms with E-state index in [1.54, 1.807) is 12.1 Å². The van der Waals surface area contributed by atoms with Crippen LogP contribution in [0.1, 0.15) is 31.2 Å². The molecule has 0 spiro atoms. The molecule has 0 aliphatic carbocycles. The predicted octanol–water partition coefficient (Wildman–Crippen LogP) is 3.27. The Kier molecular flexibility index (Phi) is 7.18. The Labute approximate surface area is 124 Å². The summed E-state index contributed by atoms with van der Waals surface area (Å²) in [4.78, 5) is 0.386. The Hall–Kier alpha value is -0.140. The van der Waals surface area contributed by atoms with Gasteiger partial charge in [0.25, 0.3) is 0 Å². The zero-order chi connectivity index (χ0) is 13.4. The minimum absolute atomic E-state index is 0.386. The molecule has 0 aliphatic rings. The van der Waals surface area contributed by atoms with Crippen molar-refractivity contribution >= 4 is 32.6 Å². The van der Waals surface area contributed by atoms with Crippen LogP contribution >= 0.6 is 22.6 Å².